The van der Waals surface area contributed by atoms with E-state index in [2.05, 4.69) is 19.2 Å². The molecule has 4 nitrogen and oxygen atoms in total. The van der Waals surface area contributed by atoms with Gasteiger partial charge in [-0.3, -0.25) is 0 Å². The second-order valence-electron chi connectivity index (χ2n) is 5.97. The highest BCUT2D eigenvalue weighted by Gasteiger charge is 2.27. The summed E-state index contributed by atoms with van der Waals surface area (Å²) in [5.41, 5.74) is 0.229. The predicted molar refractivity (Wildman–Crippen MR) is 90.6 cm³/mol. The smallest absolute Gasteiger partial charge is 0.150 e. The van der Waals surface area contributed by atoms with Crippen LogP contribution in [0.2, 0.25) is 0 Å². The fourth-order valence-corrected chi connectivity index (χ4v) is 3.54. The van der Waals surface area contributed by atoms with E-state index in [0.29, 0.717) is 5.75 Å². The minimum atomic E-state index is -2.84. The summed E-state index contributed by atoms with van der Waals surface area (Å²) in [5.74, 6) is 0.586. The summed E-state index contributed by atoms with van der Waals surface area (Å²) in [5, 5.41) is 3.47. The first-order valence-electron chi connectivity index (χ1n) is 8.35. The molecular weight excluding hydrogens is 286 g/mol. The number of unbranched alkanes of at least 4 members (excludes halogenated alkanes) is 1. The minimum Gasteiger partial charge on any atom is -0.383 e. The first-order chi connectivity index (χ1) is 9.95. The van der Waals surface area contributed by atoms with Gasteiger partial charge in [-0.2, -0.15) is 0 Å². The van der Waals surface area contributed by atoms with Gasteiger partial charge in [-0.25, -0.2) is 8.42 Å². The Bertz CT molecular complexity index is 343. The van der Waals surface area contributed by atoms with Crippen molar-refractivity contribution < 1.29 is 13.2 Å². The molecule has 0 aliphatic rings. The lowest BCUT2D eigenvalue weighted by Crippen LogP contribution is -2.36. The lowest BCUT2D eigenvalue weighted by Gasteiger charge is -2.33. The van der Waals surface area contributed by atoms with Crippen LogP contribution in [0.4, 0.5) is 0 Å². The Labute approximate surface area is 132 Å². The molecule has 0 aromatic rings. The Balaban J connectivity index is 4.46. The van der Waals surface area contributed by atoms with Crippen molar-refractivity contribution in [1.82, 2.24) is 5.32 Å². The molecule has 0 aliphatic carbocycles. The highest BCUT2D eigenvalue weighted by atomic mass is 32.2. The van der Waals surface area contributed by atoms with Crippen molar-refractivity contribution >= 4 is 9.84 Å². The maximum absolute atomic E-state index is 11.7. The van der Waals surface area contributed by atoms with Crippen LogP contribution in [0.1, 0.15) is 59.3 Å². The molecule has 0 saturated carbocycles. The van der Waals surface area contributed by atoms with Crippen LogP contribution < -0.4 is 5.32 Å². The highest BCUT2D eigenvalue weighted by Crippen LogP contribution is 2.33. The molecule has 128 valence electrons. The Morgan fingerprint density at radius 2 is 1.76 bits per heavy atom. The molecule has 0 aromatic carbocycles. The molecule has 0 rings (SSSR count). The van der Waals surface area contributed by atoms with Gasteiger partial charge in [0.25, 0.3) is 0 Å². The van der Waals surface area contributed by atoms with Crippen molar-refractivity contribution in [1.29, 1.82) is 0 Å². The highest BCUT2D eigenvalue weighted by molar-refractivity contribution is 7.91. The second-order valence-corrected chi connectivity index (χ2v) is 8.44. The van der Waals surface area contributed by atoms with Crippen LogP contribution in [0.5, 0.6) is 0 Å². The van der Waals surface area contributed by atoms with Crippen molar-refractivity contribution in [3.8, 4) is 0 Å². The van der Waals surface area contributed by atoms with Gasteiger partial charge in [0.05, 0.1) is 12.4 Å². The number of ether oxygens (including phenoxy) is 1. The van der Waals surface area contributed by atoms with Gasteiger partial charge in [0, 0.05) is 26.0 Å². The van der Waals surface area contributed by atoms with Crippen molar-refractivity contribution in [2.45, 2.75) is 59.3 Å². The van der Waals surface area contributed by atoms with Gasteiger partial charge in [-0.15, -0.1) is 0 Å². The third-order valence-electron chi connectivity index (χ3n) is 4.40. The number of hydrogen-bond donors (Lipinski definition) is 1. The van der Waals surface area contributed by atoms with E-state index < -0.39 is 9.84 Å². The van der Waals surface area contributed by atoms with Gasteiger partial charge in [0.2, 0.25) is 0 Å². The fraction of sp³-hybridized carbons (Fsp3) is 1.00. The lowest BCUT2D eigenvalue weighted by atomic mass is 9.76. The molecule has 0 radical (unpaired) electrons. The zero-order valence-corrected chi connectivity index (χ0v) is 15.2. The molecule has 21 heavy (non-hydrogen) atoms. The molecule has 1 N–H and O–H groups in total. The zero-order valence-electron chi connectivity index (χ0n) is 14.4. The molecule has 0 aliphatic heterocycles. The topological polar surface area (TPSA) is 55.4 Å². The number of sulfone groups is 1. The maximum atomic E-state index is 11.7. The van der Waals surface area contributed by atoms with Gasteiger partial charge in [0.15, 0.2) is 0 Å². The number of methoxy groups -OCH3 is 1. The van der Waals surface area contributed by atoms with Crippen molar-refractivity contribution in [2.24, 2.45) is 5.41 Å². The summed E-state index contributed by atoms with van der Waals surface area (Å²) in [6, 6.07) is 0. The Morgan fingerprint density at radius 1 is 1.10 bits per heavy atom. The van der Waals surface area contributed by atoms with Crippen LogP contribution in [0.15, 0.2) is 0 Å². The molecule has 5 heteroatoms. The van der Waals surface area contributed by atoms with E-state index in [0.717, 1.165) is 39.0 Å². The predicted octanol–water partition coefficient (Wildman–Crippen LogP) is 3.02. The molecule has 0 heterocycles. The third-order valence-corrected chi connectivity index (χ3v) is 6.19. The zero-order chi connectivity index (χ0) is 16.2. The molecule has 0 bridgehead atoms. The fourth-order valence-electron chi connectivity index (χ4n) is 2.67. The summed E-state index contributed by atoms with van der Waals surface area (Å²) in [6.45, 7) is 8.70. The van der Waals surface area contributed by atoms with E-state index in [4.69, 9.17) is 4.74 Å². The van der Waals surface area contributed by atoms with Crippen molar-refractivity contribution in [3.05, 3.63) is 0 Å². The second kappa shape index (κ2) is 11.4. The standard InChI is InChI=1S/C16H35NO3S/c1-5-8-10-16(6-2,15-17-12-13-20-4)11-9-14-21(18,19)7-3/h17H,5-15H2,1-4H3. The van der Waals surface area contributed by atoms with E-state index in [-0.39, 0.29) is 11.2 Å². The van der Waals surface area contributed by atoms with Crippen LogP contribution in [-0.4, -0.2) is 46.7 Å². The van der Waals surface area contributed by atoms with E-state index >= 15 is 0 Å². The summed E-state index contributed by atoms with van der Waals surface area (Å²) in [7, 11) is -1.13. The molecule has 0 spiro atoms. The van der Waals surface area contributed by atoms with Crippen LogP contribution in [0.25, 0.3) is 0 Å². The molecule has 1 atom stereocenters. The maximum Gasteiger partial charge on any atom is 0.150 e. The summed E-state index contributed by atoms with van der Waals surface area (Å²) < 4.78 is 28.4. The normalized spacial score (nSPS) is 15.0. The van der Waals surface area contributed by atoms with Gasteiger partial charge in [-0.05, 0) is 31.1 Å². The van der Waals surface area contributed by atoms with E-state index in [9.17, 15) is 8.42 Å². The number of rotatable bonds is 14. The average molecular weight is 322 g/mol. The molecule has 0 amide bonds. The van der Waals surface area contributed by atoms with Gasteiger partial charge in [0.1, 0.15) is 9.84 Å². The minimum absolute atomic E-state index is 0.229. The summed E-state index contributed by atoms with van der Waals surface area (Å²) in [6.07, 6.45) is 6.43. The van der Waals surface area contributed by atoms with Gasteiger partial charge < -0.3 is 10.1 Å². The number of hydrogen-bond acceptors (Lipinski definition) is 4. The molecule has 0 saturated heterocycles. The van der Waals surface area contributed by atoms with Crippen molar-refractivity contribution in [3.63, 3.8) is 0 Å². The summed E-state index contributed by atoms with van der Waals surface area (Å²) in [4.78, 5) is 0. The quantitative estimate of drug-likeness (QED) is 0.500. The Morgan fingerprint density at radius 3 is 2.29 bits per heavy atom. The van der Waals surface area contributed by atoms with E-state index in [1.54, 1.807) is 14.0 Å². The Kier molecular flexibility index (Phi) is 11.4. The molecule has 0 fully saturated rings. The van der Waals surface area contributed by atoms with Gasteiger partial charge >= 0.3 is 0 Å². The first kappa shape index (κ1) is 20.9. The van der Waals surface area contributed by atoms with E-state index in [1.807, 2.05) is 0 Å². The summed E-state index contributed by atoms with van der Waals surface area (Å²) >= 11 is 0. The van der Waals surface area contributed by atoms with Crippen LogP contribution >= 0.6 is 0 Å². The largest absolute Gasteiger partial charge is 0.383 e. The van der Waals surface area contributed by atoms with E-state index in [1.165, 1.54) is 19.3 Å². The number of nitrogens with one attached hydrogen (secondary N) is 1. The average Bonchev–Trinajstić information content (AvgIpc) is 2.48. The molecule has 1 unspecified atom stereocenters. The lowest BCUT2D eigenvalue weighted by molar-refractivity contribution is 0.176. The third kappa shape index (κ3) is 9.48. The monoisotopic (exact) mass is 321 g/mol. The van der Waals surface area contributed by atoms with Crippen LogP contribution in [0, 0.1) is 5.41 Å². The van der Waals surface area contributed by atoms with Gasteiger partial charge in [-0.1, -0.05) is 33.6 Å². The Hall–Kier alpha value is -0.130. The molecule has 0 aromatic heterocycles. The van der Waals surface area contributed by atoms with Crippen LogP contribution in [0.3, 0.4) is 0 Å². The SMILES string of the molecule is CCCCC(CC)(CCCS(=O)(=O)CC)CNCCOC. The molecular formula is C16H35NO3S. The van der Waals surface area contributed by atoms with Crippen LogP contribution in [-0.2, 0) is 14.6 Å². The van der Waals surface area contributed by atoms with Crippen molar-refractivity contribution in [2.75, 3.05) is 38.3 Å². The first-order valence-corrected chi connectivity index (χ1v) is 10.2.